The number of rotatable bonds is 8. The molecule has 8 heteroatoms. The Morgan fingerprint density at radius 3 is 2.34 bits per heavy atom. The lowest BCUT2D eigenvalue weighted by atomic mass is 9.95. The third-order valence-corrected chi connectivity index (χ3v) is 6.02. The highest BCUT2D eigenvalue weighted by molar-refractivity contribution is 6.46. The Morgan fingerprint density at radius 1 is 1.12 bits per heavy atom. The van der Waals surface area contributed by atoms with E-state index in [2.05, 4.69) is 4.90 Å². The van der Waals surface area contributed by atoms with Crippen LogP contribution in [-0.4, -0.2) is 65.0 Å². The Labute approximate surface area is 192 Å². The number of halogens is 1. The lowest BCUT2D eigenvalue weighted by molar-refractivity contribution is -0.140. The van der Waals surface area contributed by atoms with Crippen LogP contribution in [0.5, 0.6) is 11.5 Å². The largest absolute Gasteiger partial charge is 0.508 e. The number of ether oxygens (including phenoxy) is 1. The molecule has 1 aliphatic heterocycles. The summed E-state index contributed by atoms with van der Waals surface area (Å²) in [5, 5.41) is 21.1. The highest BCUT2D eigenvalue weighted by Gasteiger charge is 2.46. The predicted octanol–water partition coefficient (Wildman–Crippen LogP) is 3.82. The van der Waals surface area contributed by atoms with Crippen LogP contribution in [0.25, 0.3) is 5.76 Å². The third kappa shape index (κ3) is 4.59. The molecule has 1 atom stereocenters. The molecule has 170 valence electrons. The number of benzene rings is 2. The zero-order valence-electron chi connectivity index (χ0n) is 18.3. The molecule has 7 nitrogen and oxygen atoms in total. The number of aromatic hydroxyl groups is 1. The highest BCUT2D eigenvalue weighted by atomic mass is 35.5. The van der Waals surface area contributed by atoms with Crippen molar-refractivity contribution in [3.05, 3.63) is 64.2 Å². The molecule has 2 aromatic carbocycles. The van der Waals surface area contributed by atoms with E-state index in [9.17, 15) is 19.8 Å². The molecule has 0 radical (unpaired) electrons. The van der Waals surface area contributed by atoms with Crippen LogP contribution >= 0.6 is 11.6 Å². The van der Waals surface area contributed by atoms with Gasteiger partial charge in [0.15, 0.2) is 0 Å². The Morgan fingerprint density at radius 2 is 1.78 bits per heavy atom. The molecule has 2 N–H and O–H groups in total. The van der Waals surface area contributed by atoms with E-state index in [1.165, 1.54) is 30.2 Å². The summed E-state index contributed by atoms with van der Waals surface area (Å²) in [5.74, 6) is -1.24. The van der Waals surface area contributed by atoms with Crippen molar-refractivity contribution in [2.75, 3.05) is 33.3 Å². The predicted molar refractivity (Wildman–Crippen MR) is 123 cm³/mol. The molecule has 0 aromatic heterocycles. The first-order valence-corrected chi connectivity index (χ1v) is 10.8. The Balaban J connectivity index is 2.10. The second-order valence-electron chi connectivity index (χ2n) is 7.46. The number of nitrogens with zero attached hydrogens (tertiary/aromatic N) is 2. The Bertz CT molecular complexity index is 1030. The van der Waals surface area contributed by atoms with Gasteiger partial charge in [0.2, 0.25) is 0 Å². The number of carbonyl (C=O) groups is 2. The van der Waals surface area contributed by atoms with Gasteiger partial charge in [-0.25, -0.2) is 0 Å². The van der Waals surface area contributed by atoms with Crippen molar-refractivity contribution in [3.63, 3.8) is 0 Å². The minimum Gasteiger partial charge on any atom is -0.508 e. The molecule has 1 fully saturated rings. The normalized spacial score (nSPS) is 17.9. The van der Waals surface area contributed by atoms with Gasteiger partial charge in [0, 0.05) is 18.7 Å². The molecular weight excluding hydrogens is 432 g/mol. The van der Waals surface area contributed by atoms with Gasteiger partial charge in [-0.1, -0.05) is 37.6 Å². The van der Waals surface area contributed by atoms with Crippen LogP contribution in [0, 0.1) is 0 Å². The molecular formula is C24H27ClN2O5. The first-order valence-electron chi connectivity index (χ1n) is 10.5. The van der Waals surface area contributed by atoms with Gasteiger partial charge < -0.3 is 24.7 Å². The van der Waals surface area contributed by atoms with Crippen molar-refractivity contribution < 1.29 is 24.5 Å². The van der Waals surface area contributed by atoms with E-state index in [4.69, 9.17) is 16.3 Å². The van der Waals surface area contributed by atoms with E-state index in [0.29, 0.717) is 30.0 Å². The topological polar surface area (TPSA) is 90.3 Å². The summed E-state index contributed by atoms with van der Waals surface area (Å²) >= 11 is 6.21. The van der Waals surface area contributed by atoms with Crippen molar-refractivity contribution in [3.8, 4) is 11.5 Å². The molecule has 3 rings (SSSR count). The molecule has 1 aliphatic rings. The smallest absolute Gasteiger partial charge is 0.295 e. The number of aliphatic hydroxyl groups is 1. The fourth-order valence-electron chi connectivity index (χ4n) is 3.87. The SMILES string of the molecule is CCN(CC)CCN1C(=O)C(=O)/C(=C(\O)c2ccc(OC)c(Cl)c2)C1c1ccc(O)cc1. The fourth-order valence-corrected chi connectivity index (χ4v) is 4.13. The van der Waals surface area contributed by atoms with Gasteiger partial charge in [-0.05, 0) is 49.0 Å². The quantitative estimate of drug-likeness (QED) is 0.355. The summed E-state index contributed by atoms with van der Waals surface area (Å²) in [4.78, 5) is 29.6. The van der Waals surface area contributed by atoms with Crippen LogP contribution in [0.1, 0.15) is 31.0 Å². The molecule has 1 heterocycles. The Kier molecular flexibility index (Phi) is 7.43. The maximum absolute atomic E-state index is 13.0. The molecule has 0 aliphatic carbocycles. The van der Waals surface area contributed by atoms with Crippen LogP contribution in [0.15, 0.2) is 48.0 Å². The molecule has 1 amide bonds. The molecule has 1 unspecified atom stereocenters. The highest BCUT2D eigenvalue weighted by Crippen LogP contribution is 2.40. The number of aliphatic hydroxyl groups excluding tert-OH is 1. The zero-order valence-corrected chi connectivity index (χ0v) is 19.1. The minimum atomic E-state index is -0.785. The van der Waals surface area contributed by atoms with Gasteiger partial charge in [0.05, 0.1) is 23.7 Å². The number of hydrogen-bond donors (Lipinski definition) is 2. The van der Waals surface area contributed by atoms with Crippen molar-refractivity contribution in [1.29, 1.82) is 0 Å². The van der Waals surface area contributed by atoms with E-state index in [0.717, 1.165) is 13.1 Å². The lowest BCUT2D eigenvalue weighted by Gasteiger charge is -2.28. The summed E-state index contributed by atoms with van der Waals surface area (Å²) < 4.78 is 5.15. The maximum Gasteiger partial charge on any atom is 0.295 e. The van der Waals surface area contributed by atoms with Gasteiger partial charge in [-0.3, -0.25) is 9.59 Å². The lowest BCUT2D eigenvalue weighted by Crippen LogP contribution is -2.38. The number of hydrogen-bond acceptors (Lipinski definition) is 6. The molecule has 0 bridgehead atoms. The van der Waals surface area contributed by atoms with Gasteiger partial charge in [0.1, 0.15) is 17.3 Å². The molecule has 1 saturated heterocycles. The number of likely N-dealkylation sites (tertiary alicyclic amines) is 1. The van der Waals surface area contributed by atoms with Gasteiger partial charge >= 0.3 is 0 Å². The average molecular weight is 459 g/mol. The number of phenolic OH excluding ortho intramolecular Hbond substituents is 1. The molecule has 0 saturated carbocycles. The van der Waals surface area contributed by atoms with E-state index >= 15 is 0 Å². The summed E-state index contributed by atoms with van der Waals surface area (Å²) in [6, 6.07) is 10.1. The van der Waals surface area contributed by atoms with E-state index in [1.54, 1.807) is 24.3 Å². The van der Waals surface area contributed by atoms with E-state index < -0.39 is 17.7 Å². The van der Waals surface area contributed by atoms with E-state index in [1.807, 2.05) is 13.8 Å². The standard InChI is InChI=1S/C24H27ClN2O5/c1-4-26(5-2)12-13-27-21(15-6-9-17(28)10-7-15)20(23(30)24(27)31)22(29)16-8-11-19(32-3)18(25)14-16/h6-11,14,21,28-29H,4-5,12-13H2,1-3H3/b22-20-. The van der Waals surface area contributed by atoms with Crippen LogP contribution in [0.2, 0.25) is 5.02 Å². The molecule has 32 heavy (non-hydrogen) atoms. The van der Waals surface area contributed by atoms with Crippen molar-refractivity contribution >= 4 is 29.1 Å². The first-order chi connectivity index (χ1) is 15.3. The summed E-state index contributed by atoms with van der Waals surface area (Å²) in [5.41, 5.74) is 0.908. The molecule has 0 spiro atoms. The summed E-state index contributed by atoms with van der Waals surface area (Å²) in [6.07, 6.45) is 0. The number of Topliss-reactive ketones (excluding diaryl/α,β-unsaturated/α-hetero) is 1. The van der Waals surface area contributed by atoms with Gasteiger partial charge in [0.25, 0.3) is 11.7 Å². The monoisotopic (exact) mass is 458 g/mol. The number of carbonyl (C=O) groups excluding carboxylic acids is 2. The van der Waals surface area contributed by atoms with Crippen LogP contribution in [0.4, 0.5) is 0 Å². The van der Waals surface area contributed by atoms with E-state index in [-0.39, 0.29) is 22.1 Å². The summed E-state index contributed by atoms with van der Waals surface area (Å²) in [6.45, 7) is 6.59. The zero-order chi connectivity index (χ0) is 23.4. The second kappa shape index (κ2) is 10.1. The molecule has 2 aromatic rings. The second-order valence-corrected chi connectivity index (χ2v) is 7.87. The third-order valence-electron chi connectivity index (χ3n) is 5.73. The number of phenols is 1. The van der Waals surface area contributed by atoms with Crippen molar-refractivity contribution in [2.45, 2.75) is 19.9 Å². The first kappa shape index (κ1) is 23.6. The Hall–Kier alpha value is -3.03. The maximum atomic E-state index is 13.0. The number of ketones is 1. The minimum absolute atomic E-state index is 0.0125. The van der Waals surface area contributed by atoms with Crippen LogP contribution < -0.4 is 4.74 Å². The average Bonchev–Trinajstić information content (AvgIpc) is 3.04. The fraction of sp³-hybridized carbons (Fsp3) is 0.333. The van der Waals surface area contributed by atoms with Gasteiger partial charge in [-0.2, -0.15) is 0 Å². The number of amides is 1. The van der Waals surface area contributed by atoms with Crippen molar-refractivity contribution in [1.82, 2.24) is 9.80 Å². The van der Waals surface area contributed by atoms with Crippen LogP contribution in [-0.2, 0) is 9.59 Å². The number of methoxy groups -OCH3 is 1. The van der Waals surface area contributed by atoms with Crippen LogP contribution in [0.3, 0.4) is 0 Å². The number of likely N-dealkylation sites (N-methyl/N-ethyl adjacent to an activating group) is 1. The summed E-state index contributed by atoms with van der Waals surface area (Å²) in [7, 11) is 1.48. The van der Waals surface area contributed by atoms with Gasteiger partial charge in [-0.15, -0.1) is 0 Å². The van der Waals surface area contributed by atoms with Crippen molar-refractivity contribution in [2.24, 2.45) is 0 Å².